The summed E-state index contributed by atoms with van der Waals surface area (Å²) < 4.78 is 10.6. The zero-order valence-electron chi connectivity index (χ0n) is 17.8. The predicted molar refractivity (Wildman–Crippen MR) is 117 cm³/mol. The van der Waals surface area contributed by atoms with Gasteiger partial charge in [0.2, 0.25) is 0 Å². The second-order valence-electron chi connectivity index (χ2n) is 7.11. The molecule has 0 fully saturated rings. The molecule has 0 bridgehead atoms. The number of rotatable bonds is 8. The highest BCUT2D eigenvalue weighted by molar-refractivity contribution is 5.98. The molecule has 1 aliphatic rings. The second kappa shape index (κ2) is 10.5. The highest BCUT2D eigenvalue weighted by Crippen LogP contribution is 2.37. The Bertz CT molecular complexity index is 927. The van der Waals surface area contributed by atoms with Gasteiger partial charge in [0.05, 0.1) is 30.3 Å². The fraction of sp³-hybridized carbons (Fsp3) is 0.280. The highest BCUT2D eigenvalue weighted by Gasteiger charge is 2.35. The molecule has 0 atom stereocenters. The zero-order valence-corrected chi connectivity index (χ0v) is 17.8. The molecular formula is C25H27NO5. The molecule has 1 N–H and O–H groups in total. The third kappa shape index (κ3) is 5.54. The topological polar surface area (TPSA) is 76.1 Å². The first-order valence-electron chi connectivity index (χ1n) is 10.4. The van der Waals surface area contributed by atoms with Crippen molar-refractivity contribution in [3.05, 3.63) is 89.3 Å². The van der Waals surface area contributed by atoms with Gasteiger partial charge in [-0.1, -0.05) is 42.5 Å². The smallest absolute Gasteiger partial charge is 0.336 e. The number of benzene rings is 2. The maximum absolute atomic E-state index is 12.8. The van der Waals surface area contributed by atoms with Crippen molar-refractivity contribution in [1.29, 1.82) is 0 Å². The lowest BCUT2D eigenvalue weighted by molar-refractivity contribution is -0.139. The van der Waals surface area contributed by atoms with Gasteiger partial charge in [-0.3, -0.25) is 0 Å². The molecule has 0 saturated carbocycles. The molecule has 31 heavy (non-hydrogen) atoms. The Morgan fingerprint density at radius 3 is 1.94 bits per heavy atom. The summed E-state index contributed by atoms with van der Waals surface area (Å²) in [6.07, 6.45) is 4.21. The van der Waals surface area contributed by atoms with E-state index in [0.29, 0.717) is 23.3 Å². The summed E-state index contributed by atoms with van der Waals surface area (Å²) in [5.74, 6) is -1.51. The molecule has 3 rings (SSSR count). The summed E-state index contributed by atoms with van der Waals surface area (Å²) in [6.45, 7) is 4.51. The van der Waals surface area contributed by atoms with E-state index in [-0.39, 0.29) is 19.0 Å². The number of carbonyl (C=O) groups excluding carboxylic acids is 2. The quantitative estimate of drug-likeness (QED) is 0.651. The molecule has 1 aliphatic heterocycles. The van der Waals surface area contributed by atoms with E-state index < -0.39 is 17.9 Å². The van der Waals surface area contributed by atoms with Crippen LogP contribution in [-0.2, 0) is 25.5 Å². The minimum Gasteiger partial charge on any atom is -0.508 e. The highest BCUT2D eigenvalue weighted by atomic mass is 16.5. The summed E-state index contributed by atoms with van der Waals surface area (Å²) in [6, 6.07) is 16.4. The second-order valence-corrected chi connectivity index (χ2v) is 7.11. The van der Waals surface area contributed by atoms with Gasteiger partial charge < -0.3 is 19.5 Å². The van der Waals surface area contributed by atoms with Crippen molar-refractivity contribution >= 4 is 11.9 Å². The minimum atomic E-state index is -0.647. The number of carbonyl (C=O) groups is 2. The van der Waals surface area contributed by atoms with E-state index in [4.69, 9.17) is 9.47 Å². The molecule has 2 aromatic carbocycles. The summed E-state index contributed by atoms with van der Waals surface area (Å²) in [5, 5.41) is 9.67. The molecule has 0 aliphatic carbocycles. The molecule has 0 spiro atoms. The molecule has 0 amide bonds. The van der Waals surface area contributed by atoms with Crippen LogP contribution in [0.1, 0.15) is 30.9 Å². The van der Waals surface area contributed by atoms with E-state index >= 15 is 0 Å². The van der Waals surface area contributed by atoms with E-state index in [1.165, 1.54) is 12.1 Å². The van der Waals surface area contributed by atoms with Crippen LogP contribution in [0.3, 0.4) is 0 Å². The van der Waals surface area contributed by atoms with Gasteiger partial charge in [-0.2, -0.15) is 0 Å². The van der Waals surface area contributed by atoms with Gasteiger partial charge >= 0.3 is 11.9 Å². The van der Waals surface area contributed by atoms with Crippen molar-refractivity contribution in [3.8, 4) is 5.75 Å². The summed E-state index contributed by atoms with van der Waals surface area (Å²) in [7, 11) is 0. The summed E-state index contributed by atoms with van der Waals surface area (Å²) >= 11 is 0. The molecule has 0 saturated heterocycles. The van der Waals surface area contributed by atoms with Crippen molar-refractivity contribution in [2.24, 2.45) is 0 Å². The number of hydrogen-bond donors (Lipinski definition) is 1. The van der Waals surface area contributed by atoms with E-state index in [1.54, 1.807) is 38.4 Å². The van der Waals surface area contributed by atoms with Gasteiger partial charge in [-0.15, -0.1) is 0 Å². The number of hydrogen-bond acceptors (Lipinski definition) is 6. The summed E-state index contributed by atoms with van der Waals surface area (Å²) in [5.41, 5.74) is 2.55. The molecule has 0 aromatic heterocycles. The SMILES string of the molecule is CCOC(=O)C1=CN(CCc2ccccc2)C=C(C(=O)OCC)C1c1ccc(O)cc1. The number of phenols is 1. The molecule has 6 heteroatoms. The first-order valence-corrected chi connectivity index (χ1v) is 10.4. The fourth-order valence-corrected chi connectivity index (χ4v) is 3.54. The van der Waals surface area contributed by atoms with Crippen LogP contribution in [0.15, 0.2) is 78.1 Å². The van der Waals surface area contributed by atoms with Crippen LogP contribution in [-0.4, -0.2) is 41.7 Å². The standard InChI is InChI=1S/C25H27NO5/c1-3-30-24(28)21-16-26(15-14-18-8-6-5-7-9-18)17-22(25(29)31-4-2)23(21)19-10-12-20(27)13-11-19/h5-13,16-17,23,27H,3-4,14-15H2,1-2H3. The van der Waals surface area contributed by atoms with Crippen molar-refractivity contribution < 1.29 is 24.2 Å². The monoisotopic (exact) mass is 421 g/mol. The molecule has 2 aromatic rings. The molecule has 0 unspecified atom stereocenters. The maximum atomic E-state index is 12.8. The van der Waals surface area contributed by atoms with Crippen LogP contribution in [0, 0.1) is 0 Å². The van der Waals surface area contributed by atoms with Gasteiger partial charge in [0.1, 0.15) is 5.75 Å². The predicted octanol–water partition coefficient (Wildman–Crippen LogP) is 3.93. The molecule has 162 valence electrons. The van der Waals surface area contributed by atoms with E-state index in [1.807, 2.05) is 35.2 Å². The Kier molecular flexibility index (Phi) is 7.49. The first-order chi connectivity index (χ1) is 15.0. The maximum Gasteiger partial charge on any atom is 0.336 e. The van der Waals surface area contributed by atoms with E-state index in [9.17, 15) is 14.7 Å². The Balaban J connectivity index is 1.99. The van der Waals surface area contributed by atoms with Crippen LogP contribution < -0.4 is 0 Å². The van der Waals surface area contributed by atoms with Crippen LogP contribution in [0.4, 0.5) is 0 Å². The van der Waals surface area contributed by atoms with Crippen molar-refractivity contribution in [2.45, 2.75) is 26.2 Å². The largest absolute Gasteiger partial charge is 0.508 e. The first kappa shape index (κ1) is 22.2. The average Bonchev–Trinajstić information content (AvgIpc) is 2.79. The zero-order chi connectivity index (χ0) is 22.2. The van der Waals surface area contributed by atoms with Gasteiger partial charge in [0, 0.05) is 18.9 Å². The Labute approximate surface area is 182 Å². The van der Waals surface area contributed by atoms with Crippen LogP contribution >= 0.6 is 0 Å². The lowest BCUT2D eigenvalue weighted by Gasteiger charge is -2.30. The van der Waals surface area contributed by atoms with Gasteiger partial charge in [0.25, 0.3) is 0 Å². The molecule has 6 nitrogen and oxygen atoms in total. The van der Waals surface area contributed by atoms with E-state index in [0.717, 1.165) is 12.0 Å². The van der Waals surface area contributed by atoms with Crippen LogP contribution in [0.25, 0.3) is 0 Å². The Morgan fingerprint density at radius 2 is 1.42 bits per heavy atom. The molecule has 0 radical (unpaired) electrons. The van der Waals surface area contributed by atoms with E-state index in [2.05, 4.69) is 0 Å². The molecule has 1 heterocycles. The number of aromatic hydroxyl groups is 1. The average molecular weight is 421 g/mol. The third-order valence-corrected chi connectivity index (χ3v) is 4.98. The Hall–Kier alpha value is -3.54. The van der Waals surface area contributed by atoms with Crippen molar-refractivity contribution in [1.82, 2.24) is 4.90 Å². The van der Waals surface area contributed by atoms with Crippen molar-refractivity contribution in [2.75, 3.05) is 19.8 Å². The normalized spacial score (nSPS) is 13.9. The van der Waals surface area contributed by atoms with Crippen molar-refractivity contribution in [3.63, 3.8) is 0 Å². The van der Waals surface area contributed by atoms with Gasteiger partial charge in [0.15, 0.2) is 0 Å². The number of ether oxygens (including phenoxy) is 2. The number of phenolic OH excluding ortho intramolecular Hbond substituents is 1. The van der Waals surface area contributed by atoms with Gasteiger partial charge in [-0.05, 0) is 43.5 Å². The van der Waals surface area contributed by atoms with Crippen LogP contribution in [0.2, 0.25) is 0 Å². The lowest BCUT2D eigenvalue weighted by Crippen LogP contribution is -2.30. The third-order valence-electron chi connectivity index (χ3n) is 4.98. The summed E-state index contributed by atoms with van der Waals surface area (Å²) in [4.78, 5) is 27.5. The lowest BCUT2D eigenvalue weighted by atomic mass is 9.83. The number of esters is 2. The van der Waals surface area contributed by atoms with Crippen LogP contribution in [0.5, 0.6) is 5.75 Å². The fourth-order valence-electron chi connectivity index (χ4n) is 3.54. The minimum absolute atomic E-state index is 0.104. The van der Waals surface area contributed by atoms with Gasteiger partial charge in [-0.25, -0.2) is 9.59 Å². The Morgan fingerprint density at radius 1 is 0.871 bits per heavy atom. The number of nitrogens with zero attached hydrogens (tertiary/aromatic N) is 1. The molecular weight excluding hydrogens is 394 g/mol.